The van der Waals surface area contributed by atoms with E-state index in [-0.39, 0.29) is 0 Å². The van der Waals surface area contributed by atoms with E-state index in [1.165, 1.54) is 0 Å². The highest BCUT2D eigenvalue weighted by Crippen LogP contribution is 2.31. The Balaban J connectivity index is 1.43. The minimum absolute atomic E-state index is 0.655. The number of para-hydroxylation sites is 1. The van der Waals surface area contributed by atoms with Gasteiger partial charge >= 0.3 is 0 Å². The first kappa shape index (κ1) is 20.0. The molecule has 1 aliphatic rings. The van der Waals surface area contributed by atoms with Gasteiger partial charge in [-0.3, -0.25) is 14.8 Å². The van der Waals surface area contributed by atoms with Crippen LogP contribution < -0.4 is 0 Å². The van der Waals surface area contributed by atoms with E-state index < -0.39 is 0 Å². The van der Waals surface area contributed by atoms with E-state index in [9.17, 15) is 0 Å². The lowest BCUT2D eigenvalue weighted by atomic mass is 10.1. The van der Waals surface area contributed by atoms with Gasteiger partial charge < -0.3 is 9.88 Å². The maximum atomic E-state index is 4.96. The molecule has 10 heteroatoms. The fourth-order valence-electron chi connectivity index (χ4n) is 4.71. The number of nitrogens with one attached hydrogen (secondary N) is 2. The standard InChI is InChI=1S/C25H22N10/c1-34-8-3-9-35-14-21(31-33-35)17-4-2-5-19-22(17)29-25(28-19)24-23-20(30-32-24)7-6-18(27-23)16-10-15(13-34)11-26-12-16/h2,4-7,10-12,14H,3,8-9,13H2,1H3,(H,28,29)(H,30,32). The van der Waals surface area contributed by atoms with E-state index >= 15 is 0 Å². The second kappa shape index (κ2) is 7.81. The number of aryl methyl sites for hydroxylation is 1. The summed E-state index contributed by atoms with van der Waals surface area (Å²) >= 11 is 0. The second-order valence-corrected chi connectivity index (χ2v) is 8.99. The van der Waals surface area contributed by atoms with Crippen LogP contribution in [0.1, 0.15) is 12.0 Å². The molecule has 0 aliphatic carbocycles. The fourth-order valence-corrected chi connectivity index (χ4v) is 4.71. The number of hydrogen-bond acceptors (Lipinski definition) is 7. The molecule has 35 heavy (non-hydrogen) atoms. The number of rotatable bonds is 0. The van der Waals surface area contributed by atoms with E-state index in [2.05, 4.69) is 48.5 Å². The second-order valence-electron chi connectivity index (χ2n) is 8.99. The Bertz CT molecular complexity index is 1690. The molecule has 2 N–H and O–H groups in total. The molecule has 1 aliphatic heterocycles. The van der Waals surface area contributed by atoms with Crippen LogP contribution in [0.15, 0.2) is 55.0 Å². The van der Waals surface area contributed by atoms with Gasteiger partial charge in [0.1, 0.15) is 11.2 Å². The lowest BCUT2D eigenvalue weighted by Crippen LogP contribution is -2.20. The first-order chi connectivity index (χ1) is 17.2. The van der Waals surface area contributed by atoms with Gasteiger partial charge in [0.25, 0.3) is 0 Å². The lowest BCUT2D eigenvalue weighted by Gasteiger charge is -2.16. The third kappa shape index (κ3) is 3.46. The number of imidazole rings is 1. The highest BCUT2D eigenvalue weighted by Gasteiger charge is 2.18. The van der Waals surface area contributed by atoms with Gasteiger partial charge in [0.15, 0.2) is 11.5 Å². The van der Waals surface area contributed by atoms with Gasteiger partial charge in [-0.05, 0) is 49.8 Å². The molecule has 0 atom stereocenters. The Kier molecular flexibility index (Phi) is 4.46. The minimum atomic E-state index is 0.655. The Labute approximate surface area is 200 Å². The number of hydrogen-bond donors (Lipinski definition) is 2. The third-order valence-corrected chi connectivity index (χ3v) is 6.43. The summed E-state index contributed by atoms with van der Waals surface area (Å²) < 4.78 is 1.90. The van der Waals surface area contributed by atoms with Crippen molar-refractivity contribution < 1.29 is 0 Å². The molecule has 8 bridgehead atoms. The van der Waals surface area contributed by atoms with Crippen LogP contribution in [0.25, 0.3) is 56.1 Å². The van der Waals surface area contributed by atoms with Gasteiger partial charge in [0.2, 0.25) is 0 Å². The fraction of sp³-hybridized carbons (Fsp3) is 0.200. The quantitative estimate of drug-likeness (QED) is 0.354. The average molecular weight is 463 g/mol. The highest BCUT2D eigenvalue weighted by molar-refractivity contribution is 5.95. The number of pyridine rings is 2. The number of H-pyrrole nitrogens is 2. The van der Waals surface area contributed by atoms with Crippen molar-refractivity contribution in [1.29, 1.82) is 0 Å². The van der Waals surface area contributed by atoms with Gasteiger partial charge in [0.05, 0.1) is 28.4 Å². The summed E-state index contributed by atoms with van der Waals surface area (Å²) in [6, 6.07) is 12.2. The summed E-state index contributed by atoms with van der Waals surface area (Å²) in [6.07, 6.45) is 6.72. The molecular formula is C25H22N10. The molecule has 0 unspecified atom stereocenters. The van der Waals surface area contributed by atoms with Crippen molar-refractivity contribution >= 4 is 22.1 Å². The predicted octanol–water partition coefficient (Wildman–Crippen LogP) is 3.66. The molecule has 172 valence electrons. The summed E-state index contributed by atoms with van der Waals surface area (Å²) in [5, 5.41) is 16.4. The van der Waals surface area contributed by atoms with Crippen LogP contribution in [-0.4, -0.2) is 63.6 Å². The predicted molar refractivity (Wildman–Crippen MR) is 132 cm³/mol. The molecular weight excluding hydrogens is 440 g/mol. The molecule has 5 aromatic heterocycles. The Hall–Kier alpha value is -4.44. The van der Waals surface area contributed by atoms with Crippen molar-refractivity contribution in [3.05, 3.63) is 60.6 Å². The number of aromatic nitrogens is 9. The smallest absolute Gasteiger partial charge is 0.161 e. The maximum absolute atomic E-state index is 4.96. The van der Waals surface area contributed by atoms with Crippen molar-refractivity contribution in [3.8, 4) is 34.0 Å². The zero-order valence-electron chi connectivity index (χ0n) is 19.1. The molecule has 10 nitrogen and oxygen atoms in total. The van der Waals surface area contributed by atoms with Crippen LogP contribution in [0.4, 0.5) is 0 Å². The molecule has 1 aromatic carbocycles. The van der Waals surface area contributed by atoms with Gasteiger partial charge in [0, 0.05) is 36.6 Å². The zero-order valence-corrected chi connectivity index (χ0v) is 19.1. The molecule has 0 fully saturated rings. The molecule has 6 heterocycles. The van der Waals surface area contributed by atoms with Gasteiger partial charge in [-0.2, -0.15) is 5.10 Å². The van der Waals surface area contributed by atoms with Crippen molar-refractivity contribution in [2.24, 2.45) is 0 Å². The van der Waals surface area contributed by atoms with Crippen molar-refractivity contribution in [2.45, 2.75) is 19.5 Å². The Morgan fingerprint density at radius 1 is 0.943 bits per heavy atom. The van der Waals surface area contributed by atoms with Gasteiger partial charge in [-0.1, -0.05) is 17.3 Å². The van der Waals surface area contributed by atoms with Crippen molar-refractivity contribution in [3.63, 3.8) is 0 Å². The number of benzene rings is 1. The largest absolute Gasteiger partial charge is 0.336 e. The van der Waals surface area contributed by atoms with Crippen LogP contribution in [0.5, 0.6) is 0 Å². The first-order valence-corrected chi connectivity index (χ1v) is 11.6. The molecule has 0 saturated heterocycles. The first-order valence-electron chi connectivity index (χ1n) is 11.6. The van der Waals surface area contributed by atoms with Crippen molar-refractivity contribution in [2.75, 3.05) is 13.6 Å². The summed E-state index contributed by atoms with van der Waals surface area (Å²) in [5.74, 6) is 0.655. The number of fused-ring (bicyclic) bond motifs is 9. The Morgan fingerprint density at radius 2 is 1.91 bits per heavy atom. The van der Waals surface area contributed by atoms with Gasteiger partial charge in [-0.15, -0.1) is 5.10 Å². The van der Waals surface area contributed by atoms with Crippen LogP contribution in [0.3, 0.4) is 0 Å². The molecule has 0 saturated carbocycles. The zero-order chi connectivity index (χ0) is 23.4. The average Bonchev–Trinajstić information content (AvgIpc) is 3.61. The number of nitrogens with zero attached hydrogens (tertiary/aromatic N) is 8. The third-order valence-electron chi connectivity index (χ3n) is 6.43. The van der Waals surface area contributed by atoms with E-state index in [0.29, 0.717) is 11.5 Å². The normalized spacial score (nSPS) is 14.4. The van der Waals surface area contributed by atoms with E-state index in [1.54, 1.807) is 0 Å². The summed E-state index contributed by atoms with van der Waals surface area (Å²) in [4.78, 5) is 20.1. The van der Waals surface area contributed by atoms with Crippen molar-refractivity contribution in [1.82, 2.24) is 50.0 Å². The van der Waals surface area contributed by atoms with Crippen LogP contribution in [0, 0.1) is 0 Å². The van der Waals surface area contributed by atoms with Crippen LogP contribution in [-0.2, 0) is 13.1 Å². The molecule has 0 amide bonds. The SMILES string of the molecule is CN1CCCn2cc(nn2)-c2cccc3[nH]c(nc23)-c2n[nH]c3ccc(nc23)-c2cncc(c2)C1. The monoisotopic (exact) mass is 462 g/mol. The van der Waals surface area contributed by atoms with Crippen LogP contribution in [0.2, 0.25) is 0 Å². The highest BCUT2D eigenvalue weighted by atomic mass is 15.4. The topological polar surface area (TPSA) is 117 Å². The maximum Gasteiger partial charge on any atom is 0.161 e. The minimum Gasteiger partial charge on any atom is -0.336 e. The lowest BCUT2D eigenvalue weighted by molar-refractivity contribution is 0.310. The molecule has 6 aromatic rings. The Morgan fingerprint density at radius 3 is 2.89 bits per heavy atom. The summed E-state index contributed by atoms with van der Waals surface area (Å²) in [5.41, 5.74) is 8.72. The van der Waals surface area contributed by atoms with Crippen LogP contribution >= 0.6 is 0 Å². The van der Waals surface area contributed by atoms with E-state index in [1.807, 2.05) is 53.6 Å². The summed E-state index contributed by atoms with van der Waals surface area (Å²) in [6.45, 7) is 2.53. The molecule has 0 spiro atoms. The van der Waals surface area contributed by atoms with E-state index in [4.69, 9.17) is 9.97 Å². The van der Waals surface area contributed by atoms with E-state index in [0.717, 1.165) is 76.2 Å². The number of aromatic amines is 2. The molecule has 0 radical (unpaired) electrons. The van der Waals surface area contributed by atoms with Gasteiger partial charge in [-0.25, -0.2) is 9.97 Å². The molecule has 7 rings (SSSR count). The summed E-state index contributed by atoms with van der Waals surface area (Å²) in [7, 11) is 2.12.